The summed E-state index contributed by atoms with van der Waals surface area (Å²) in [6, 6.07) is 3.80. The van der Waals surface area contributed by atoms with E-state index in [0.717, 1.165) is 31.0 Å². The summed E-state index contributed by atoms with van der Waals surface area (Å²) >= 11 is 1.21. The third kappa shape index (κ3) is 4.63. The van der Waals surface area contributed by atoms with Gasteiger partial charge in [-0.05, 0) is 18.1 Å². The van der Waals surface area contributed by atoms with E-state index in [1.807, 2.05) is 16.7 Å². The molecule has 0 spiro atoms. The Hall–Kier alpha value is -1.76. The van der Waals surface area contributed by atoms with Crippen LogP contribution in [-0.2, 0) is 24.2 Å². The predicted octanol–water partition coefficient (Wildman–Crippen LogP) is 2.49. The number of aliphatic carboxylic acids is 1. The molecule has 2 heterocycles. The molecule has 0 saturated carbocycles. The molecule has 2 rings (SSSR count). The fourth-order valence-electron chi connectivity index (χ4n) is 1.98. The average molecular weight is 309 g/mol. The van der Waals surface area contributed by atoms with Crippen molar-refractivity contribution in [2.24, 2.45) is 5.92 Å². The van der Waals surface area contributed by atoms with E-state index >= 15 is 0 Å². The van der Waals surface area contributed by atoms with Crippen LogP contribution in [0, 0.1) is 5.92 Å². The number of aryl methyl sites for hydroxylation is 2. The molecule has 114 valence electrons. The van der Waals surface area contributed by atoms with Gasteiger partial charge in [0.25, 0.3) is 0 Å². The van der Waals surface area contributed by atoms with Crippen LogP contribution in [0.25, 0.3) is 0 Å². The number of aromatic nitrogens is 3. The molecule has 6 nitrogen and oxygen atoms in total. The van der Waals surface area contributed by atoms with Gasteiger partial charge in [0, 0.05) is 19.4 Å². The summed E-state index contributed by atoms with van der Waals surface area (Å²) < 4.78 is 7.34. The smallest absolute Gasteiger partial charge is 0.313 e. The van der Waals surface area contributed by atoms with Gasteiger partial charge in [0.05, 0.1) is 12.0 Å². The molecule has 7 heteroatoms. The molecule has 0 saturated heterocycles. The Morgan fingerprint density at radius 1 is 1.43 bits per heavy atom. The summed E-state index contributed by atoms with van der Waals surface area (Å²) in [6.07, 6.45) is 3.13. The van der Waals surface area contributed by atoms with Crippen molar-refractivity contribution in [3.05, 3.63) is 30.0 Å². The lowest BCUT2D eigenvalue weighted by Crippen LogP contribution is -2.11. The van der Waals surface area contributed by atoms with Gasteiger partial charge in [0.15, 0.2) is 5.16 Å². The molecular formula is C14H19N3O3S. The van der Waals surface area contributed by atoms with Crippen LogP contribution in [0.4, 0.5) is 0 Å². The molecule has 0 aliphatic rings. The van der Waals surface area contributed by atoms with Crippen LogP contribution in [0.2, 0.25) is 0 Å². The third-order valence-electron chi connectivity index (χ3n) is 2.84. The molecule has 0 aliphatic carbocycles. The highest BCUT2D eigenvalue weighted by molar-refractivity contribution is 7.99. The maximum absolute atomic E-state index is 10.7. The molecular weight excluding hydrogens is 290 g/mol. The lowest BCUT2D eigenvalue weighted by atomic mass is 10.2. The molecule has 0 aliphatic heterocycles. The van der Waals surface area contributed by atoms with Crippen LogP contribution in [0.15, 0.2) is 28.0 Å². The second-order valence-corrected chi connectivity index (χ2v) is 6.11. The first-order chi connectivity index (χ1) is 10.1. The number of carboxylic acid groups (broad SMARTS) is 1. The highest BCUT2D eigenvalue weighted by Crippen LogP contribution is 2.19. The van der Waals surface area contributed by atoms with E-state index in [4.69, 9.17) is 9.52 Å². The number of carbonyl (C=O) groups is 1. The summed E-state index contributed by atoms with van der Waals surface area (Å²) in [5.74, 6) is 1.36. The molecule has 0 unspecified atom stereocenters. The molecule has 2 aromatic rings. The first-order valence-corrected chi connectivity index (χ1v) is 7.84. The summed E-state index contributed by atoms with van der Waals surface area (Å²) in [7, 11) is 0. The molecule has 1 N–H and O–H groups in total. The van der Waals surface area contributed by atoms with Crippen molar-refractivity contribution in [3.8, 4) is 0 Å². The molecule has 2 aromatic heterocycles. The van der Waals surface area contributed by atoms with Gasteiger partial charge in [-0.15, -0.1) is 10.2 Å². The SMILES string of the molecule is CC(C)Cn1c(CCc2ccco2)nnc1SCC(=O)O. The maximum atomic E-state index is 10.7. The van der Waals surface area contributed by atoms with Gasteiger partial charge >= 0.3 is 5.97 Å². The lowest BCUT2D eigenvalue weighted by Gasteiger charge is -2.11. The van der Waals surface area contributed by atoms with Gasteiger partial charge in [-0.1, -0.05) is 25.6 Å². The fourth-order valence-corrected chi connectivity index (χ4v) is 2.66. The van der Waals surface area contributed by atoms with Crippen molar-refractivity contribution in [1.82, 2.24) is 14.8 Å². The van der Waals surface area contributed by atoms with Crippen LogP contribution in [0.1, 0.15) is 25.4 Å². The summed E-state index contributed by atoms with van der Waals surface area (Å²) in [6.45, 7) is 5.01. The zero-order chi connectivity index (χ0) is 15.2. The number of rotatable bonds is 8. The second-order valence-electron chi connectivity index (χ2n) is 5.17. The Bertz CT molecular complexity index is 578. The average Bonchev–Trinajstić information content (AvgIpc) is 3.03. The minimum atomic E-state index is -0.851. The summed E-state index contributed by atoms with van der Waals surface area (Å²) in [5.41, 5.74) is 0. The van der Waals surface area contributed by atoms with Crippen molar-refractivity contribution in [3.63, 3.8) is 0 Å². The minimum absolute atomic E-state index is 0.00554. The van der Waals surface area contributed by atoms with Crippen LogP contribution in [0.5, 0.6) is 0 Å². The molecule has 21 heavy (non-hydrogen) atoms. The van der Waals surface area contributed by atoms with Gasteiger partial charge in [0.1, 0.15) is 11.6 Å². The van der Waals surface area contributed by atoms with Crippen LogP contribution in [-0.4, -0.2) is 31.6 Å². The molecule has 0 bridgehead atoms. The van der Waals surface area contributed by atoms with E-state index in [-0.39, 0.29) is 5.75 Å². The fraction of sp³-hybridized carbons (Fsp3) is 0.500. The standard InChI is InChI=1S/C14H19N3O3S/c1-10(2)8-17-12(6-5-11-4-3-7-20-11)15-16-14(17)21-9-13(18)19/h3-4,7,10H,5-6,8-9H2,1-2H3,(H,18,19). The zero-order valence-electron chi connectivity index (χ0n) is 12.2. The van der Waals surface area contributed by atoms with Crippen molar-refractivity contribution in [1.29, 1.82) is 0 Å². The number of carboxylic acids is 1. The number of nitrogens with zero attached hydrogens (tertiary/aromatic N) is 3. The Morgan fingerprint density at radius 3 is 2.86 bits per heavy atom. The quantitative estimate of drug-likeness (QED) is 0.755. The monoisotopic (exact) mass is 309 g/mol. The van der Waals surface area contributed by atoms with E-state index in [0.29, 0.717) is 11.1 Å². The Balaban J connectivity index is 2.09. The van der Waals surface area contributed by atoms with Crippen LogP contribution < -0.4 is 0 Å². The molecule has 0 atom stereocenters. The van der Waals surface area contributed by atoms with Gasteiger partial charge < -0.3 is 14.1 Å². The number of thioether (sulfide) groups is 1. The summed E-state index contributed by atoms with van der Waals surface area (Å²) in [5, 5.41) is 17.8. The van der Waals surface area contributed by atoms with Gasteiger partial charge in [0.2, 0.25) is 0 Å². The third-order valence-corrected chi connectivity index (χ3v) is 3.79. The first-order valence-electron chi connectivity index (χ1n) is 6.85. The number of furan rings is 1. The molecule has 0 radical (unpaired) electrons. The predicted molar refractivity (Wildman–Crippen MR) is 79.3 cm³/mol. The second kappa shape index (κ2) is 7.31. The summed E-state index contributed by atoms with van der Waals surface area (Å²) in [4.78, 5) is 10.7. The van der Waals surface area contributed by atoms with Crippen LogP contribution >= 0.6 is 11.8 Å². The van der Waals surface area contributed by atoms with Crippen molar-refractivity contribution in [2.45, 2.75) is 38.4 Å². The highest BCUT2D eigenvalue weighted by atomic mass is 32.2. The molecule has 0 amide bonds. The normalized spacial score (nSPS) is 11.2. The number of hydrogen-bond donors (Lipinski definition) is 1. The first kappa shape index (κ1) is 15.6. The van der Waals surface area contributed by atoms with E-state index in [2.05, 4.69) is 24.0 Å². The van der Waals surface area contributed by atoms with E-state index in [9.17, 15) is 4.79 Å². The number of hydrogen-bond acceptors (Lipinski definition) is 5. The Morgan fingerprint density at radius 2 is 2.24 bits per heavy atom. The maximum Gasteiger partial charge on any atom is 0.313 e. The van der Waals surface area contributed by atoms with Crippen molar-refractivity contribution in [2.75, 3.05) is 5.75 Å². The largest absolute Gasteiger partial charge is 0.481 e. The minimum Gasteiger partial charge on any atom is -0.481 e. The highest BCUT2D eigenvalue weighted by Gasteiger charge is 2.15. The molecule has 0 fully saturated rings. The van der Waals surface area contributed by atoms with Gasteiger partial charge in [-0.2, -0.15) is 0 Å². The van der Waals surface area contributed by atoms with Crippen molar-refractivity contribution < 1.29 is 14.3 Å². The van der Waals surface area contributed by atoms with Gasteiger partial charge in [-0.25, -0.2) is 0 Å². The van der Waals surface area contributed by atoms with Crippen molar-refractivity contribution >= 4 is 17.7 Å². The van der Waals surface area contributed by atoms with E-state index in [1.54, 1.807) is 6.26 Å². The Kier molecular flexibility index (Phi) is 5.44. The molecule has 0 aromatic carbocycles. The lowest BCUT2D eigenvalue weighted by molar-refractivity contribution is -0.133. The Labute approximate surface area is 127 Å². The van der Waals surface area contributed by atoms with Gasteiger partial charge in [-0.3, -0.25) is 4.79 Å². The van der Waals surface area contributed by atoms with E-state index in [1.165, 1.54) is 11.8 Å². The zero-order valence-corrected chi connectivity index (χ0v) is 13.0. The van der Waals surface area contributed by atoms with E-state index < -0.39 is 5.97 Å². The topological polar surface area (TPSA) is 81.2 Å². The van der Waals surface area contributed by atoms with Crippen LogP contribution in [0.3, 0.4) is 0 Å².